The fourth-order valence-corrected chi connectivity index (χ4v) is 2.57. The lowest BCUT2D eigenvalue weighted by atomic mass is 10.1. The number of nitrogens with one attached hydrogen (secondary N) is 1. The second-order valence-electron chi connectivity index (χ2n) is 6.19. The molecule has 1 atom stereocenters. The van der Waals surface area contributed by atoms with Gasteiger partial charge in [-0.2, -0.15) is 0 Å². The number of rotatable bonds is 11. The zero-order valence-corrected chi connectivity index (χ0v) is 16.0. The fourth-order valence-electron chi connectivity index (χ4n) is 2.57. The van der Waals surface area contributed by atoms with Crippen LogP contribution in [0.15, 0.2) is 42.5 Å². The van der Waals surface area contributed by atoms with E-state index in [0.717, 1.165) is 18.5 Å². The first kappa shape index (κ1) is 20.7. The molecule has 2 N–H and O–H groups in total. The lowest BCUT2D eigenvalue weighted by Crippen LogP contribution is -2.32. The van der Waals surface area contributed by atoms with Crippen molar-refractivity contribution in [1.29, 1.82) is 0 Å². The molecule has 0 aliphatic rings. The van der Waals surface area contributed by atoms with Crippen LogP contribution in [0.4, 0.5) is 0 Å². The predicted octanol–water partition coefficient (Wildman–Crippen LogP) is 2.48. The molecular formula is C21H27NO5. The number of hydrogen-bond donors (Lipinski definition) is 2. The highest BCUT2D eigenvalue weighted by Crippen LogP contribution is 2.27. The third kappa shape index (κ3) is 6.58. The van der Waals surface area contributed by atoms with Crippen LogP contribution in [-0.4, -0.2) is 50.9 Å². The maximum atomic E-state index is 11.2. The van der Waals surface area contributed by atoms with E-state index in [2.05, 4.69) is 5.32 Å². The Balaban J connectivity index is 1.68. The molecule has 0 saturated heterocycles. The minimum Gasteiger partial charge on any atom is -0.493 e. The zero-order chi connectivity index (χ0) is 19.6. The van der Waals surface area contributed by atoms with Crippen molar-refractivity contribution in [3.8, 4) is 17.2 Å². The van der Waals surface area contributed by atoms with Gasteiger partial charge in [0.1, 0.15) is 18.5 Å². The van der Waals surface area contributed by atoms with Gasteiger partial charge in [0.15, 0.2) is 17.3 Å². The lowest BCUT2D eigenvalue weighted by molar-refractivity contribution is 0.101. The largest absolute Gasteiger partial charge is 0.493 e. The van der Waals surface area contributed by atoms with Gasteiger partial charge in [0.05, 0.1) is 14.2 Å². The Morgan fingerprint density at radius 3 is 2.41 bits per heavy atom. The molecule has 0 saturated carbocycles. The summed E-state index contributed by atoms with van der Waals surface area (Å²) in [6, 6.07) is 12.7. The molecule has 0 bridgehead atoms. The van der Waals surface area contributed by atoms with E-state index >= 15 is 0 Å². The zero-order valence-electron chi connectivity index (χ0n) is 16.0. The number of carbonyl (C=O) groups excluding carboxylic acids is 1. The van der Waals surface area contributed by atoms with Crippen LogP contribution in [0.5, 0.6) is 17.2 Å². The summed E-state index contributed by atoms with van der Waals surface area (Å²) in [4.78, 5) is 11.2. The van der Waals surface area contributed by atoms with Crippen molar-refractivity contribution in [2.24, 2.45) is 0 Å². The molecule has 27 heavy (non-hydrogen) atoms. The number of carbonyl (C=O) groups is 1. The molecule has 0 unspecified atom stereocenters. The molecule has 0 spiro atoms. The molecule has 2 rings (SSSR count). The number of aliphatic hydroxyl groups is 1. The van der Waals surface area contributed by atoms with Crippen LogP contribution in [0, 0.1) is 0 Å². The first-order valence-electron chi connectivity index (χ1n) is 8.87. The number of ketones is 1. The molecule has 0 aliphatic carbocycles. The van der Waals surface area contributed by atoms with Crippen LogP contribution in [0.1, 0.15) is 22.8 Å². The second kappa shape index (κ2) is 10.5. The van der Waals surface area contributed by atoms with Crippen LogP contribution in [-0.2, 0) is 6.42 Å². The number of hydrogen-bond acceptors (Lipinski definition) is 6. The highest BCUT2D eigenvalue weighted by atomic mass is 16.5. The molecule has 0 radical (unpaired) electrons. The number of Topliss-reactive ketones (excluding diaryl/α,β-unsaturated/α-hetero) is 1. The average molecular weight is 373 g/mol. The van der Waals surface area contributed by atoms with Gasteiger partial charge in [0.25, 0.3) is 0 Å². The van der Waals surface area contributed by atoms with Gasteiger partial charge in [0, 0.05) is 12.1 Å². The Bertz CT molecular complexity index is 730. The van der Waals surface area contributed by atoms with Gasteiger partial charge in [-0.25, -0.2) is 0 Å². The van der Waals surface area contributed by atoms with Gasteiger partial charge < -0.3 is 24.6 Å². The molecule has 0 heterocycles. The molecule has 6 nitrogen and oxygen atoms in total. The van der Waals surface area contributed by atoms with Crippen molar-refractivity contribution in [2.75, 3.05) is 33.9 Å². The summed E-state index contributed by atoms with van der Waals surface area (Å²) in [6.45, 7) is 2.86. The van der Waals surface area contributed by atoms with E-state index in [0.29, 0.717) is 29.4 Å². The van der Waals surface area contributed by atoms with E-state index in [9.17, 15) is 9.90 Å². The van der Waals surface area contributed by atoms with Gasteiger partial charge in [-0.05, 0) is 61.9 Å². The molecule has 2 aromatic carbocycles. The predicted molar refractivity (Wildman–Crippen MR) is 104 cm³/mol. The van der Waals surface area contributed by atoms with Crippen LogP contribution in [0.2, 0.25) is 0 Å². The van der Waals surface area contributed by atoms with E-state index < -0.39 is 6.10 Å². The number of aliphatic hydroxyl groups excluding tert-OH is 1. The van der Waals surface area contributed by atoms with E-state index in [-0.39, 0.29) is 12.4 Å². The van der Waals surface area contributed by atoms with E-state index in [1.165, 1.54) is 6.92 Å². The summed E-state index contributed by atoms with van der Waals surface area (Å²) in [5, 5.41) is 13.2. The van der Waals surface area contributed by atoms with Gasteiger partial charge >= 0.3 is 0 Å². The number of ether oxygens (including phenoxy) is 3. The van der Waals surface area contributed by atoms with Crippen LogP contribution >= 0.6 is 0 Å². The smallest absolute Gasteiger partial charge is 0.160 e. The normalized spacial score (nSPS) is 11.7. The summed E-state index contributed by atoms with van der Waals surface area (Å²) in [5.41, 5.74) is 1.76. The van der Waals surface area contributed by atoms with Crippen LogP contribution in [0.3, 0.4) is 0 Å². The topological polar surface area (TPSA) is 77.0 Å². The Labute approximate surface area is 160 Å². The third-order valence-corrected chi connectivity index (χ3v) is 4.12. The summed E-state index contributed by atoms with van der Waals surface area (Å²) < 4.78 is 16.1. The highest BCUT2D eigenvalue weighted by Gasteiger charge is 2.07. The molecule has 2 aromatic rings. The molecular weight excluding hydrogens is 346 g/mol. The first-order chi connectivity index (χ1) is 13.0. The van der Waals surface area contributed by atoms with Gasteiger partial charge in [0.2, 0.25) is 0 Å². The summed E-state index contributed by atoms with van der Waals surface area (Å²) in [5.74, 6) is 2.06. The molecule has 0 aromatic heterocycles. The Hall–Kier alpha value is -2.57. The highest BCUT2D eigenvalue weighted by molar-refractivity contribution is 5.94. The van der Waals surface area contributed by atoms with Crippen molar-refractivity contribution in [3.05, 3.63) is 53.6 Å². The molecule has 0 aliphatic heterocycles. The van der Waals surface area contributed by atoms with Crippen LogP contribution in [0.25, 0.3) is 0 Å². The van der Waals surface area contributed by atoms with Crippen molar-refractivity contribution in [3.63, 3.8) is 0 Å². The summed E-state index contributed by atoms with van der Waals surface area (Å²) in [7, 11) is 3.23. The Morgan fingerprint density at radius 1 is 1.07 bits per heavy atom. The summed E-state index contributed by atoms with van der Waals surface area (Å²) >= 11 is 0. The molecule has 0 amide bonds. The minimum atomic E-state index is -0.622. The van der Waals surface area contributed by atoms with Crippen molar-refractivity contribution < 1.29 is 24.1 Å². The van der Waals surface area contributed by atoms with Crippen molar-refractivity contribution in [2.45, 2.75) is 19.4 Å². The lowest BCUT2D eigenvalue weighted by Gasteiger charge is -2.14. The fraction of sp³-hybridized carbons (Fsp3) is 0.381. The van der Waals surface area contributed by atoms with Gasteiger partial charge in [-0.15, -0.1) is 0 Å². The summed E-state index contributed by atoms with van der Waals surface area (Å²) in [6.07, 6.45) is 0.184. The van der Waals surface area contributed by atoms with Crippen molar-refractivity contribution in [1.82, 2.24) is 5.32 Å². The van der Waals surface area contributed by atoms with E-state index in [1.807, 2.05) is 18.2 Å². The van der Waals surface area contributed by atoms with Gasteiger partial charge in [-0.1, -0.05) is 6.07 Å². The quantitative estimate of drug-likeness (QED) is 0.465. The van der Waals surface area contributed by atoms with Crippen LogP contribution < -0.4 is 19.5 Å². The standard InChI is InChI=1S/C21H27NO5/c1-15(23)17-5-7-19(8-6-17)27-14-18(24)13-22-11-10-16-4-9-20(25-2)21(12-16)26-3/h4-9,12,18,22,24H,10-11,13-14H2,1-3H3/t18-/m1/s1. The molecule has 6 heteroatoms. The second-order valence-corrected chi connectivity index (χ2v) is 6.19. The maximum Gasteiger partial charge on any atom is 0.160 e. The average Bonchev–Trinajstić information content (AvgIpc) is 2.69. The minimum absolute atomic E-state index is 0.0141. The van der Waals surface area contributed by atoms with E-state index in [1.54, 1.807) is 38.5 Å². The van der Waals surface area contributed by atoms with Gasteiger partial charge in [-0.3, -0.25) is 4.79 Å². The molecule has 146 valence electrons. The molecule has 0 fully saturated rings. The third-order valence-electron chi connectivity index (χ3n) is 4.12. The SMILES string of the molecule is COc1ccc(CCNC[C@@H](O)COc2ccc(C(C)=O)cc2)cc1OC. The maximum absolute atomic E-state index is 11.2. The Kier molecular flexibility index (Phi) is 8.10. The number of methoxy groups -OCH3 is 2. The monoisotopic (exact) mass is 373 g/mol. The first-order valence-corrected chi connectivity index (χ1v) is 8.87. The van der Waals surface area contributed by atoms with E-state index in [4.69, 9.17) is 14.2 Å². The number of benzene rings is 2. The van der Waals surface area contributed by atoms with Crippen molar-refractivity contribution >= 4 is 5.78 Å². The Morgan fingerprint density at radius 2 is 1.78 bits per heavy atom.